The van der Waals surface area contributed by atoms with Gasteiger partial charge < -0.3 is 10.1 Å². The van der Waals surface area contributed by atoms with E-state index in [0.29, 0.717) is 0 Å². The van der Waals surface area contributed by atoms with Gasteiger partial charge in [0.2, 0.25) is 0 Å². The Balaban J connectivity index is 2.41. The molecule has 0 aliphatic rings. The summed E-state index contributed by atoms with van der Waals surface area (Å²) in [5, 5.41) is 4.95. The Bertz CT molecular complexity index is 380. The van der Waals surface area contributed by atoms with Gasteiger partial charge in [-0.05, 0) is 46.1 Å². The van der Waals surface area contributed by atoms with Crippen molar-refractivity contribution >= 4 is 29.2 Å². The Morgan fingerprint density at radius 3 is 2.56 bits per heavy atom. The van der Waals surface area contributed by atoms with E-state index in [1.807, 2.05) is 40.7 Å². The van der Waals surface area contributed by atoms with E-state index in [9.17, 15) is 4.79 Å². The van der Waals surface area contributed by atoms with Gasteiger partial charge in [0, 0.05) is 11.3 Å². The molecule has 0 saturated heterocycles. The predicted octanol–water partition coefficient (Wildman–Crippen LogP) is 4.14. The second kappa shape index (κ2) is 5.97. The Morgan fingerprint density at radius 1 is 1.39 bits per heavy atom. The lowest BCUT2D eigenvalue weighted by Crippen LogP contribution is -2.47. The molecular formula is C13H21NO2S2. The van der Waals surface area contributed by atoms with E-state index in [0.717, 1.165) is 5.75 Å². The van der Waals surface area contributed by atoms with E-state index in [-0.39, 0.29) is 11.6 Å². The molecule has 1 amide bonds. The minimum absolute atomic E-state index is 0.295. The van der Waals surface area contributed by atoms with Crippen molar-refractivity contribution in [1.82, 2.24) is 5.32 Å². The van der Waals surface area contributed by atoms with E-state index < -0.39 is 5.60 Å². The zero-order valence-electron chi connectivity index (χ0n) is 11.6. The van der Waals surface area contributed by atoms with E-state index >= 15 is 0 Å². The van der Waals surface area contributed by atoms with Crippen molar-refractivity contribution in [2.24, 2.45) is 0 Å². The Kier molecular flexibility index (Phi) is 5.10. The standard InChI is InChI=1S/C13H21NO2S2/c1-12(2,3)16-11(15)14-13(4,5)9-18-10-7-6-8-17-10/h6-8H,9H2,1-5H3,(H,14,15). The van der Waals surface area contributed by atoms with E-state index in [1.54, 1.807) is 23.1 Å². The van der Waals surface area contributed by atoms with Gasteiger partial charge in [0.15, 0.2) is 0 Å². The van der Waals surface area contributed by atoms with Crippen LogP contribution in [-0.4, -0.2) is 23.0 Å². The molecule has 0 atom stereocenters. The third-order valence-electron chi connectivity index (χ3n) is 1.91. The SMILES string of the molecule is CC(C)(CSc1cccs1)NC(=O)OC(C)(C)C. The first-order valence-electron chi connectivity index (χ1n) is 5.85. The van der Waals surface area contributed by atoms with E-state index in [2.05, 4.69) is 16.8 Å². The van der Waals surface area contributed by atoms with Gasteiger partial charge in [-0.25, -0.2) is 4.79 Å². The number of ether oxygens (including phenoxy) is 1. The fraction of sp³-hybridized carbons (Fsp3) is 0.615. The van der Waals surface area contributed by atoms with E-state index in [1.165, 1.54) is 4.21 Å². The van der Waals surface area contributed by atoms with Gasteiger partial charge in [-0.3, -0.25) is 0 Å². The second-order valence-corrected chi connectivity index (χ2v) is 7.95. The average molecular weight is 287 g/mol. The van der Waals surface area contributed by atoms with Crippen LogP contribution in [0.2, 0.25) is 0 Å². The second-order valence-electron chi connectivity index (χ2n) is 5.73. The highest BCUT2D eigenvalue weighted by Crippen LogP contribution is 2.26. The number of nitrogens with one attached hydrogen (secondary N) is 1. The molecule has 1 N–H and O–H groups in total. The molecule has 0 aromatic carbocycles. The maximum Gasteiger partial charge on any atom is 0.408 e. The van der Waals surface area contributed by atoms with Crippen LogP contribution in [-0.2, 0) is 4.74 Å². The van der Waals surface area contributed by atoms with Crippen LogP contribution in [0.4, 0.5) is 4.79 Å². The normalized spacial score (nSPS) is 12.3. The molecule has 0 bridgehead atoms. The van der Waals surface area contributed by atoms with Crippen LogP contribution in [0.3, 0.4) is 0 Å². The maximum absolute atomic E-state index is 11.7. The molecule has 1 heterocycles. The molecule has 1 rings (SSSR count). The van der Waals surface area contributed by atoms with Crippen molar-refractivity contribution in [3.05, 3.63) is 17.5 Å². The van der Waals surface area contributed by atoms with Crippen molar-refractivity contribution < 1.29 is 9.53 Å². The first-order chi connectivity index (χ1) is 8.18. The van der Waals surface area contributed by atoms with Gasteiger partial charge >= 0.3 is 6.09 Å². The Morgan fingerprint density at radius 2 is 2.06 bits per heavy atom. The van der Waals surface area contributed by atoms with Gasteiger partial charge in [-0.2, -0.15) is 0 Å². The molecule has 5 heteroatoms. The summed E-state index contributed by atoms with van der Waals surface area (Å²) < 4.78 is 6.51. The monoisotopic (exact) mass is 287 g/mol. The van der Waals surface area contributed by atoms with Gasteiger partial charge in [0.05, 0.1) is 4.21 Å². The molecular weight excluding hydrogens is 266 g/mol. The van der Waals surface area contributed by atoms with Crippen LogP contribution < -0.4 is 5.32 Å². The molecule has 0 spiro atoms. The van der Waals surface area contributed by atoms with Crippen LogP contribution in [0.5, 0.6) is 0 Å². The molecule has 1 aromatic heterocycles. The van der Waals surface area contributed by atoms with Gasteiger partial charge in [-0.1, -0.05) is 6.07 Å². The van der Waals surface area contributed by atoms with Crippen molar-refractivity contribution in [2.45, 2.75) is 50.0 Å². The van der Waals surface area contributed by atoms with Crippen molar-refractivity contribution in [1.29, 1.82) is 0 Å². The minimum Gasteiger partial charge on any atom is -0.444 e. The zero-order valence-corrected chi connectivity index (χ0v) is 13.2. The third kappa shape index (κ3) is 6.31. The third-order valence-corrected chi connectivity index (χ3v) is 4.50. The van der Waals surface area contributed by atoms with Crippen molar-refractivity contribution in [3.8, 4) is 0 Å². The molecule has 18 heavy (non-hydrogen) atoms. The molecule has 0 aliphatic carbocycles. The highest BCUT2D eigenvalue weighted by molar-refractivity contribution is 8.01. The number of thioether (sulfide) groups is 1. The summed E-state index contributed by atoms with van der Waals surface area (Å²) >= 11 is 3.45. The number of hydrogen-bond donors (Lipinski definition) is 1. The number of hydrogen-bond acceptors (Lipinski definition) is 4. The Labute approximate surface area is 117 Å². The molecule has 0 radical (unpaired) electrons. The van der Waals surface area contributed by atoms with Crippen LogP contribution in [0.15, 0.2) is 21.7 Å². The number of alkyl carbamates (subject to hydrolysis) is 1. The number of rotatable bonds is 4. The Hall–Kier alpha value is -0.680. The first kappa shape index (κ1) is 15.4. The lowest BCUT2D eigenvalue weighted by molar-refractivity contribution is 0.0482. The van der Waals surface area contributed by atoms with Crippen LogP contribution in [0, 0.1) is 0 Å². The molecule has 0 fully saturated rings. The number of carbonyl (C=O) groups is 1. The largest absolute Gasteiger partial charge is 0.444 e. The summed E-state index contributed by atoms with van der Waals surface area (Å²) in [5.41, 5.74) is -0.752. The molecule has 0 saturated carbocycles. The number of carbonyl (C=O) groups excluding carboxylic acids is 1. The summed E-state index contributed by atoms with van der Waals surface area (Å²) in [5.74, 6) is 0.812. The van der Waals surface area contributed by atoms with Crippen LogP contribution >= 0.6 is 23.1 Å². The molecule has 1 aromatic rings. The van der Waals surface area contributed by atoms with Gasteiger partial charge in [0.25, 0.3) is 0 Å². The number of amides is 1. The van der Waals surface area contributed by atoms with Crippen molar-refractivity contribution in [2.75, 3.05) is 5.75 Å². The fourth-order valence-corrected chi connectivity index (χ4v) is 3.03. The quantitative estimate of drug-likeness (QED) is 0.846. The van der Waals surface area contributed by atoms with Crippen LogP contribution in [0.1, 0.15) is 34.6 Å². The summed E-state index contributed by atoms with van der Waals surface area (Å²) in [6.07, 6.45) is -0.362. The molecule has 102 valence electrons. The minimum atomic E-state index is -0.457. The van der Waals surface area contributed by atoms with Crippen LogP contribution in [0.25, 0.3) is 0 Å². The molecule has 0 aliphatic heterocycles. The summed E-state index contributed by atoms with van der Waals surface area (Å²) in [6, 6.07) is 4.11. The smallest absolute Gasteiger partial charge is 0.408 e. The number of thiophene rings is 1. The summed E-state index contributed by atoms with van der Waals surface area (Å²) in [6.45, 7) is 9.58. The van der Waals surface area contributed by atoms with Gasteiger partial charge in [0.1, 0.15) is 5.60 Å². The highest BCUT2D eigenvalue weighted by atomic mass is 32.2. The molecule has 0 unspecified atom stereocenters. The highest BCUT2D eigenvalue weighted by Gasteiger charge is 2.24. The maximum atomic E-state index is 11.7. The summed E-state index contributed by atoms with van der Waals surface area (Å²) in [7, 11) is 0. The zero-order chi connectivity index (χ0) is 13.8. The first-order valence-corrected chi connectivity index (χ1v) is 7.72. The molecule has 3 nitrogen and oxygen atoms in total. The van der Waals surface area contributed by atoms with Gasteiger partial charge in [-0.15, -0.1) is 23.1 Å². The van der Waals surface area contributed by atoms with Crippen molar-refractivity contribution in [3.63, 3.8) is 0 Å². The topological polar surface area (TPSA) is 38.3 Å². The lowest BCUT2D eigenvalue weighted by Gasteiger charge is -2.28. The summed E-state index contributed by atoms with van der Waals surface area (Å²) in [4.78, 5) is 11.7. The fourth-order valence-electron chi connectivity index (χ4n) is 1.21. The lowest BCUT2D eigenvalue weighted by atomic mass is 10.1. The predicted molar refractivity (Wildman–Crippen MR) is 78.5 cm³/mol. The average Bonchev–Trinajstić information content (AvgIpc) is 2.62. The van der Waals surface area contributed by atoms with E-state index in [4.69, 9.17) is 4.74 Å².